The van der Waals surface area contributed by atoms with Gasteiger partial charge >= 0.3 is 5.97 Å². The molecule has 0 saturated heterocycles. The van der Waals surface area contributed by atoms with Crippen LogP contribution in [0.5, 0.6) is 0 Å². The normalized spacial score (nSPS) is 11.7. The van der Waals surface area contributed by atoms with Crippen molar-refractivity contribution in [2.24, 2.45) is 5.41 Å². The van der Waals surface area contributed by atoms with E-state index in [0.29, 0.717) is 29.7 Å². The Labute approximate surface area is 169 Å². The predicted molar refractivity (Wildman–Crippen MR) is 109 cm³/mol. The zero-order chi connectivity index (χ0) is 19.6. The van der Waals surface area contributed by atoms with Crippen LogP contribution in [0.15, 0.2) is 42.5 Å². The lowest BCUT2D eigenvalue weighted by Gasteiger charge is -2.23. The Hall–Kier alpha value is -2.04. The van der Waals surface area contributed by atoms with Gasteiger partial charge in [0.2, 0.25) is 0 Å². The first-order valence-corrected chi connectivity index (χ1v) is 9.62. The highest BCUT2D eigenvalue weighted by molar-refractivity contribution is 6.30. The molecule has 0 saturated carbocycles. The number of hydrogen-bond acceptors (Lipinski definition) is 3. The number of carbonyl (C=O) groups excluding carboxylic acids is 1. The topological polar surface area (TPSA) is 44.1 Å². The van der Waals surface area contributed by atoms with E-state index < -0.39 is 5.41 Å². The van der Waals surface area contributed by atoms with Crippen molar-refractivity contribution in [1.29, 1.82) is 0 Å². The van der Waals surface area contributed by atoms with Gasteiger partial charge in [-0.15, -0.1) is 0 Å². The van der Waals surface area contributed by atoms with E-state index in [2.05, 4.69) is 9.55 Å². The molecule has 6 heteroatoms. The second-order valence-electron chi connectivity index (χ2n) is 7.17. The van der Waals surface area contributed by atoms with Crippen LogP contribution in [0.25, 0.3) is 11.0 Å². The van der Waals surface area contributed by atoms with E-state index in [-0.39, 0.29) is 5.97 Å². The Morgan fingerprint density at radius 1 is 1.15 bits per heavy atom. The van der Waals surface area contributed by atoms with Crippen molar-refractivity contribution in [1.82, 2.24) is 9.55 Å². The lowest BCUT2D eigenvalue weighted by atomic mass is 9.88. The molecular weight excluding hydrogens is 383 g/mol. The minimum atomic E-state index is -0.647. The first-order chi connectivity index (χ1) is 12.8. The molecule has 0 bridgehead atoms. The summed E-state index contributed by atoms with van der Waals surface area (Å²) in [4.78, 5) is 16.8. The van der Waals surface area contributed by atoms with Gasteiger partial charge in [0.15, 0.2) is 0 Å². The van der Waals surface area contributed by atoms with Crippen LogP contribution < -0.4 is 0 Å². The fraction of sp³-hybridized carbons (Fsp3) is 0.333. The third kappa shape index (κ3) is 4.45. The van der Waals surface area contributed by atoms with Crippen LogP contribution in [0, 0.1) is 5.41 Å². The average molecular weight is 405 g/mol. The molecule has 0 N–H and O–H groups in total. The van der Waals surface area contributed by atoms with Gasteiger partial charge in [-0.1, -0.05) is 35.3 Å². The van der Waals surface area contributed by atoms with Crippen LogP contribution in [-0.2, 0) is 22.5 Å². The fourth-order valence-corrected chi connectivity index (χ4v) is 3.40. The number of benzene rings is 1. The molecule has 27 heavy (non-hydrogen) atoms. The van der Waals surface area contributed by atoms with E-state index in [0.717, 1.165) is 22.3 Å². The van der Waals surface area contributed by atoms with E-state index in [1.807, 2.05) is 57.2 Å². The zero-order valence-electron chi connectivity index (χ0n) is 15.6. The van der Waals surface area contributed by atoms with Gasteiger partial charge in [0.1, 0.15) is 5.15 Å². The van der Waals surface area contributed by atoms with E-state index in [9.17, 15) is 4.79 Å². The molecule has 2 heterocycles. The van der Waals surface area contributed by atoms with Crippen LogP contribution in [0.2, 0.25) is 10.2 Å². The van der Waals surface area contributed by atoms with Crippen LogP contribution >= 0.6 is 23.2 Å². The molecule has 0 atom stereocenters. The SMILES string of the molecule is CCOC(=O)C(C)(C)Cc1cc2nc(Cl)ccc2n1Cc1ccc(Cl)cc1. The molecule has 0 fully saturated rings. The predicted octanol–water partition coefficient (Wildman–Crippen LogP) is 5.52. The lowest BCUT2D eigenvalue weighted by molar-refractivity contribution is -0.153. The molecule has 0 amide bonds. The molecule has 142 valence electrons. The van der Waals surface area contributed by atoms with Gasteiger partial charge in [0.25, 0.3) is 0 Å². The smallest absolute Gasteiger partial charge is 0.311 e. The van der Waals surface area contributed by atoms with Crippen molar-refractivity contribution in [2.75, 3.05) is 6.61 Å². The Morgan fingerprint density at radius 3 is 2.52 bits per heavy atom. The summed E-state index contributed by atoms with van der Waals surface area (Å²) in [6.07, 6.45) is 0.535. The summed E-state index contributed by atoms with van der Waals surface area (Å²) in [5.74, 6) is -0.209. The highest BCUT2D eigenvalue weighted by atomic mass is 35.5. The summed E-state index contributed by atoms with van der Waals surface area (Å²) in [6, 6.07) is 13.5. The summed E-state index contributed by atoms with van der Waals surface area (Å²) in [5, 5.41) is 1.15. The Balaban J connectivity index is 2.02. The van der Waals surface area contributed by atoms with Crippen molar-refractivity contribution in [2.45, 2.75) is 33.7 Å². The van der Waals surface area contributed by atoms with Gasteiger partial charge in [-0.25, -0.2) is 4.98 Å². The molecular formula is C21H22Cl2N2O2. The Bertz CT molecular complexity index is 962. The quantitative estimate of drug-likeness (QED) is 0.401. The number of esters is 1. The number of fused-ring (bicyclic) bond motifs is 1. The standard InChI is InChI=1S/C21H22Cl2N2O2/c1-4-27-20(26)21(2,3)12-16-11-17-18(9-10-19(23)24-17)25(16)13-14-5-7-15(22)8-6-14/h5-11H,4,12-13H2,1-3H3. The van der Waals surface area contributed by atoms with Gasteiger partial charge in [-0.3, -0.25) is 4.79 Å². The second kappa shape index (κ2) is 7.91. The van der Waals surface area contributed by atoms with Crippen molar-refractivity contribution in [3.8, 4) is 0 Å². The molecule has 4 nitrogen and oxygen atoms in total. The number of carbonyl (C=O) groups is 1. The first-order valence-electron chi connectivity index (χ1n) is 8.86. The van der Waals surface area contributed by atoms with Crippen molar-refractivity contribution in [3.63, 3.8) is 0 Å². The Morgan fingerprint density at radius 2 is 1.85 bits per heavy atom. The first kappa shape index (κ1) is 19.7. The molecule has 0 radical (unpaired) electrons. The number of pyridine rings is 1. The van der Waals surface area contributed by atoms with Crippen LogP contribution in [-0.4, -0.2) is 22.1 Å². The van der Waals surface area contributed by atoms with Gasteiger partial charge in [-0.05, 0) is 56.7 Å². The molecule has 1 aromatic carbocycles. The highest BCUT2D eigenvalue weighted by Gasteiger charge is 2.31. The molecule has 0 aliphatic carbocycles. The molecule has 3 rings (SSSR count). The van der Waals surface area contributed by atoms with Gasteiger partial charge in [0.05, 0.1) is 23.1 Å². The lowest BCUT2D eigenvalue weighted by Crippen LogP contribution is -2.30. The fourth-order valence-electron chi connectivity index (χ4n) is 3.12. The van der Waals surface area contributed by atoms with E-state index in [1.165, 1.54) is 0 Å². The van der Waals surface area contributed by atoms with Crippen LogP contribution in [0.3, 0.4) is 0 Å². The molecule has 0 aliphatic heterocycles. The highest BCUT2D eigenvalue weighted by Crippen LogP contribution is 2.29. The molecule has 0 unspecified atom stereocenters. The largest absolute Gasteiger partial charge is 0.466 e. The number of ether oxygens (including phenoxy) is 1. The van der Waals surface area contributed by atoms with Crippen molar-refractivity contribution in [3.05, 3.63) is 63.9 Å². The van der Waals surface area contributed by atoms with E-state index in [1.54, 1.807) is 6.07 Å². The number of aromatic nitrogens is 2. The molecule has 2 aromatic heterocycles. The van der Waals surface area contributed by atoms with Crippen LogP contribution in [0.1, 0.15) is 32.0 Å². The summed E-state index contributed by atoms with van der Waals surface area (Å²) in [6.45, 7) is 6.63. The van der Waals surface area contributed by atoms with E-state index in [4.69, 9.17) is 27.9 Å². The van der Waals surface area contributed by atoms with Crippen molar-refractivity contribution >= 4 is 40.2 Å². The van der Waals surface area contributed by atoms with Gasteiger partial charge < -0.3 is 9.30 Å². The zero-order valence-corrected chi connectivity index (χ0v) is 17.1. The minimum absolute atomic E-state index is 0.209. The third-order valence-electron chi connectivity index (χ3n) is 4.51. The molecule has 0 spiro atoms. The maximum Gasteiger partial charge on any atom is 0.311 e. The Kier molecular flexibility index (Phi) is 5.78. The summed E-state index contributed by atoms with van der Waals surface area (Å²) < 4.78 is 7.41. The minimum Gasteiger partial charge on any atom is -0.466 e. The van der Waals surface area contributed by atoms with E-state index >= 15 is 0 Å². The monoisotopic (exact) mass is 404 g/mol. The number of rotatable bonds is 6. The van der Waals surface area contributed by atoms with Crippen molar-refractivity contribution < 1.29 is 9.53 Å². The maximum absolute atomic E-state index is 12.4. The maximum atomic E-state index is 12.4. The summed E-state index contributed by atoms with van der Waals surface area (Å²) in [7, 11) is 0. The summed E-state index contributed by atoms with van der Waals surface area (Å²) in [5.41, 5.74) is 3.26. The van der Waals surface area contributed by atoms with Crippen LogP contribution in [0.4, 0.5) is 0 Å². The second-order valence-corrected chi connectivity index (χ2v) is 7.99. The average Bonchev–Trinajstić information content (AvgIpc) is 2.92. The number of halogens is 2. The van der Waals surface area contributed by atoms with Gasteiger partial charge in [-0.2, -0.15) is 0 Å². The number of hydrogen-bond donors (Lipinski definition) is 0. The third-order valence-corrected chi connectivity index (χ3v) is 4.98. The molecule has 0 aliphatic rings. The summed E-state index contributed by atoms with van der Waals surface area (Å²) >= 11 is 12.1. The van der Waals surface area contributed by atoms with Gasteiger partial charge in [0, 0.05) is 23.7 Å². The number of nitrogens with zero attached hydrogens (tertiary/aromatic N) is 2. The molecule has 3 aromatic rings.